The fraction of sp³-hybridized carbons (Fsp3) is 0.929. The van der Waals surface area contributed by atoms with Gasteiger partial charge in [-0.15, -0.1) is 0 Å². The van der Waals surface area contributed by atoms with E-state index < -0.39 is 6.10 Å². The van der Waals surface area contributed by atoms with Gasteiger partial charge in [-0.1, -0.05) is 188 Å². The summed E-state index contributed by atoms with van der Waals surface area (Å²) in [6.07, 6.45) is 33.9. The van der Waals surface area contributed by atoms with Crippen LogP contribution >= 0.6 is 0 Å². The summed E-state index contributed by atoms with van der Waals surface area (Å²) in [6, 6.07) is 0. The predicted molar refractivity (Wildman–Crippen MR) is 201 cm³/mol. The highest BCUT2D eigenvalue weighted by Crippen LogP contribution is 2.16. The quantitative estimate of drug-likeness (QED) is 0.0369. The molecule has 0 amide bonds. The normalized spacial score (nSPS) is 12.5. The van der Waals surface area contributed by atoms with Crippen LogP contribution in [0.4, 0.5) is 0 Å². The van der Waals surface area contributed by atoms with Crippen LogP contribution in [0.2, 0.25) is 0 Å². The van der Waals surface area contributed by atoms with Gasteiger partial charge in [0.05, 0.1) is 0 Å². The van der Waals surface area contributed by atoms with Crippen LogP contribution in [0.1, 0.15) is 227 Å². The molecule has 0 aliphatic rings. The fourth-order valence-electron chi connectivity index (χ4n) is 6.06. The van der Waals surface area contributed by atoms with Gasteiger partial charge in [0.2, 0.25) is 0 Å². The van der Waals surface area contributed by atoms with Gasteiger partial charge < -0.3 is 14.2 Å². The van der Waals surface area contributed by atoms with Crippen molar-refractivity contribution < 1.29 is 28.6 Å². The predicted octanol–water partition coefficient (Wildman–Crippen LogP) is 12.8. The lowest BCUT2D eigenvalue weighted by Crippen LogP contribution is -2.30. The van der Waals surface area contributed by atoms with E-state index >= 15 is 0 Å². The van der Waals surface area contributed by atoms with Gasteiger partial charge in [-0.3, -0.25) is 14.4 Å². The number of hydrogen-bond donors (Lipinski definition) is 0. The Hall–Kier alpha value is -1.59. The molecule has 0 N–H and O–H groups in total. The number of carbonyl (C=O) groups is 3. The van der Waals surface area contributed by atoms with Gasteiger partial charge in [-0.25, -0.2) is 0 Å². The molecule has 0 heterocycles. The van der Waals surface area contributed by atoms with Gasteiger partial charge in [0.1, 0.15) is 13.2 Å². The summed E-state index contributed by atoms with van der Waals surface area (Å²) in [5.41, 5.74) is 0. The van der Waals surface area contributed by atoms with Crippen molar-refractivity contribution in [3.63, 3.8) is 0 Å². The third-order valence-electron chi connectivity index (χ3n) is 9.65. The SMILES string of the molecule is CCCCCCCCCCCCCC(=O)OC[C@@H](COC(=O)CCCCCCCCCCCCC(C)CC)OC(=O)CCCCCCC. The van der Waals surface area contributed by atoms with Crippen LogP contribution in [0, 0.1) is 5.92 Å². The van der Waals surface area contributed by atoms with Gasteiger partial charge in [0.25, 0.3) is 0 Å². The Morgan fingerprint density at radius 3 is 1.08 bits per heavy atom. The number of hydrogen-bond acceptors (Lipinski definition) is 6. The lowest BCUT2D eigenvalue weighted by molar-refractivity contribution is -0.167. The Morgan fingerprint density at radius 2 is 0.729 bits per heavy atom. The Bertz CT molecular complexity index is 723. The van der Waals surface area contributed by atoms with Gasteiger partial charge in [-0.2, -0.15) is 0 Å². The molecule has 0 fully saturated rings. The molecule has 6 heteroatoms. The van der Waals surface area contributed by atoms with E-state index in [0.717, 1.165) is 70.1 Å². The summed E-state index contributed by atoms with van der Waals surface area (Å²) in [5.74, 6) is -0.00515. The molecule has 0 aromatic carbocycles. The molecule has 0 saturated carbocycles. The molecule has 0 aromatic heterocycles. The van der Waals surface area contributed by atoms with Gasteiger partial charge in [0, 0.05) is 19.3 Å². The average Bonchev–Trinajstić information content (AvgIpc) is 3.08. The summed E-state index contributed by atoms with van der Waals surface area (Å²) < 4.78 is 16.5. The van der Waals surface area contributed by atoms with Crippen molar-refractivity contribution in [2.24, 2.45) is 5.92 Å². The molecule has 0 rings (SSSR count). The van der Waals surface area contributed by atoms with E-state index in [1.54, 1.807) is 0 Å². The molecule has 0 aromatic rings. The number of unbranched alkanes of at least 4 members (excludes halogenated alkanes) is 23. The maximum absolute atomic E-state index is 12.5. The van der Waals surface area contributed by atoms with Crippen molar-refractivity contribution in [3.05, 3.63) is 0 Å². The smallest absolute Gasteiger partial charge is 0.306 e. The summed E-state index contributed by atoms with van der Waals surface area (Å²) in [7, 11) is 0. The van der Waals surface area contributed by atoms with E-state index in [2.05, 4.69) is 27.7 Å². The standard InChI is InChI=1S/C42H80O6/c1-5-8-10-12-13-14-15-19-22-26-29-33-40(43)46-36-39(48-42(45)35-31-24-11-9-6-2)37-47-41(44)34-30-27-23-20-17-16-18-21-25-28-32-38(4)7-3/h38-39H,5-37H2,1-4H3/t38?,39-/m0/s1. The molecule has 1 unspecified atom stereocenters. The minimum absolute atomic E-state index is 0.0659. The number of esters is 3. The molecule has 284 valence electrons. The zero-order valence-corrected chi connectivity index (χ0v) is 32.4. The lowest BCUT2D eigenvalue weighted by atomic mass is 9.99. The van der Waals surface area contributed by atoms with E-state index in [1.165, 1.54) is 116 Å². The van der Waals surface area contributed by atoms with Crippen LogP contribution in [0.3, 0.4) is 0 Å². The van der Waals surface area contributed by atoms with E-state index in [-0.39, 0.29) is 31.1 Å². The number of rotatable bonds is 37. The maximum atomic E-state index is 12.5. The summed E-state index contributed by atoms with van der Waals surface area (Å²) >= 11 is 0. The Kier molecular flexibility index (Phi) is 35.5. The molecule has 0 aliphatic heterocycles. The minimum Gasteiger partial charge on any atom is -0.462 e. The van der Waals surface area contributed by atoms with Gasteiger partial charge in [-0.05, 0) is 25.2 Å². The molecule has 0 radical (unpaired) electrons. The zero-order chi connectivity index (χ0) is 35.3. The highest BCUT2D eigenvalue weighted by molar-refractivity contribution is 5.71. The lowest BCUT2D eigenvalue weighted by Gasteiger charge is -2.18. The van der Waals surface area contributed by atoms with Crippen LogP contribution < -0.4 is 0 Å². The molecule has 0 bridgehead atoms. The molecular formula is C42H80O6. The first-order valence-corrected chi connectivity index (χ1v) is 20.9. The average molecular weight is 681 g/mol. The highest BCUT2D eigenvalue weighted by Gasteiger charge is 2.19. The van der Waals surface area contributed by atoms with E-state index in [1.807, 2.05) is 0 Å². The van der Waals surface area contributed by atoms with Crippen LogP contribution in [-0.2, 0) is 28.6 Å². The summed E-state index contributed by atoms with van der Waals surface area (Å²) in [4.78, 5) is 37.3. The largest absolute Gasteiger partial charge is 0.462 e. The van der Waals surface area contributed by atoms with Gasteiger partial charge >= 0.3 is 17.9 Å². The molecule has 0 aliphatic carbocycles. The fourth-order valence-corrected chi connectivity index (χ4v) is 6.06. The maximum Gasteiger partial charge on any atom is 0.306 e. The van der Waals surface area contributed by atoms with Crippen LogP contribution in [-0.4, -0.2) is 37.2 Å². The Labute approximate surface area is 298 Å². The van der Waals surface area contributed by atoms with E-state index in [4.69, 9.17) is 14.2 Å². The Balaban J connectivity index is 4.19. The van der Waals surface area contributed by atoms with E-state index in [9.17, 15) is 14.4 Å². The van der Waals surface area contributed by atoms with Crippen molar-refractivity contribution in [3.8, 4) is 0 Å². The van der Waals surface area contributed by atoms with Crippen molar-refractivity contribution in [2.75, 3.05) is 13.2 Å². The van der Waals surface area contributed by atoms with Crippen LogP contribution in [0.15, 0.2) is 0 Å². The first-order valence-electron chi connectivity index (χ1n) is 20.9. The number of carbonyl (C=O) groups excluding carboxylic acids is 3. The second-order valence-corrected chi connectivity index (χ2v) is 14.5. The highest BCUT2D eigenvalue weighted by atomic mass is 16.6. The molecule has 2 atom stereocenters. The monoisotopic (exact) mass is 681 g/mol. The Morgan fingerprint density at radius 1 is 0.417 bits per heavy atom. The first kappa shape index (κ1) is 46.4. The van der Waals surface area contributed by atoms with Crippen LogP contribution in [0.5, 0.6) is 0 Å². The van der Waals surface area contributed by atoms with Crippen molar-refractivity contribution >= 4 is 17.9 Å². The zero-order valence-electron chi connectivity index (χ0n) is 32.4. The van der Waals surface area contributed by atoms with Crippen molar-refractivity contribution in [1.29, 1.82) is 0 Å². The van der Waals surface area contributed by atoms with Crippen molar-refractivity contribution in [2.45, 2.75) is 233 Å². The molecule has 0 saturated heterocycles. The minimum atomic E-state index is -0.756. The second kappa shape index (κ2) is 36.7. The summed E-state index contributed by atoms with van der Waals surface area (Å²) in [5, 5.41) is 0. The van der Waals surface area contributed by atoms with Gasteiger partial charge in [0.15, 0.2) is 6.10 Å². The summed E-state index contributed by atoms with van der Waals surface area (Å²) in [6.45, 7) is 8.91. The van der Waals surface area contributed by atoms with Crippen molar-refractivity contribution in [1.82, 2.24) is 0 Å². The van der Waals surface area contributed by atoms with E-state index in [0.29, 0.717) is 19.3 Å². The molecule has 0 spiro atoms. The third kappa shape index (κ3) is 34.3. The molecule has 48 heavy (non-hydrogen) atoms. The number of ether oxygens (including phenoxy) is 3. The first-order chi connectivity index (χ1) is 23.4. The third-order valence-corrected chi connectivity index (χ3v) is 9.65. The topological polar surface area (TPSA) is 78.9 Å². The second-order valence-electron chi connectivity index (χ2n) is 14.5. The van der Waals surface area contributed by atoms with Crippen LogP contribution in [0.25, 0.3) is 0 Å². The molecule has 6 nitrogen and oxygen atoms in total. The molecular weight excluding hydrogens is 600 g/mol.